The van der Waals surface area contributed by atoms with Crippen molar-refractivity contribution in [2.24, 2.45) is 0 Å². The topological polar surface area (TPSA) is 131 Å². The molecule has 7 nitrogen and oxygen atoms in total. The standard InChI is InChI=1S/C8H7N.2HO3P/c1-2-4-8-7(3-1)5-6-9-8;2*1-4(2)3/h1-6,9H;2*(H-,1,2,3)/p+2. The Balaban J connectivity index is 0.000000274. The molecule has 0 saturated carbocycles. The van der Waals surface area contributed by atoms with Gasteiger partial charge in [-0.2, -0.15) is 0 Å². The average Bonchev–Trinajstić information content (AvgIpc) is 2.62. The fourth-order valence-corrected chi connectivity index (χ4v) is 0.995. The normalized spacial score (nSPS) is 8.47. The van der Waals surface area contributed by atoms with Crippen LogP contribution in [0.3, 0.4) is 0 Å². The van der Waals surface area contributed by atoms with Crippen LogP contribution in [0.5, 0.6) is 0 Å². The molecule has 2 rings (SSSR count). The molecule has 0 aliphatic heterocycles. The van der Waals surface area contributed by atoms with Gasteiger partial charge in [0.1, 0.15) is 0 Å². The highest BCUT2D eigenvalue weighted by molar-refractivity contribution is 7.31. The zero-order valence-corrected chi connectivity index (χ0v) is 10.3. The molecule has 0 aliphatic rings. The largest absolute Gasteiger partial charge is 0.692 e. The molecule has 0 atom stereocenters. The third-order valence-electron chi connectivity index (χ3n) is 1.46. The van der Waals surface area contributed by atoms with Crippen LogP contribution in [0, 0.1) is 0 Å². The molecule has 1 heterocycles. The summed E-state index contributed by atoms with van der Waals surface area (Å²) >= 11 is 0. The molecule has 1 aromatic carbocycles. The number of hydrogen-bond acceptors (Lipinski definition) is 2. The Morgan fingerprint density at radius 1 is 0.882 bits per heavy atom. The molecule has 0 aliphatic carbocycles. The van der Waals surface area contributed by atoms with E-state index in [1.54, 1.807) is 0 Å². The van der Waals surface area contributed by atoms with E-state index in [2.05, 4.69) is 23.2 Å². The van der Waals surface area contributed by atoms with Gasteiger partial charge in [0.25, 0.3) is 0 Å². The number of H-pyrrole nitrogens is 1. The zero-order valence-electron chi connectivity index (χ0n) is 8.46. The van der Waals surface area contributed by atoms with Crippen LogP contribution in [0.4, 0.5) is 0 Å². The summed E-state index contributed by atoms with van der Waals surface area (Å²) in [7, 11) is -5.74. The summed E-state index contributed by atoms with van der Waals surface area (Å²) in [6, 6.07) is 10.3. The number of hydrogen-bond donors (Lipinski definition) is 5. The Morgan fingerprint density at radius 3 is 1.82 bits per heavy atom. The second kappa shape index (κ2) is 8.90. The average molecular weight is 279 g/mol. The molecule has 0 bridgehead atoms. The van der Waals surface area contributed by atoms with Crippen LogP contribution in [0.15, 0.2) is 36.5 Å². The first-order valence-corrected chi connectivity index (χ1v) is 6.48. The molecule has 0 radical (unpaired) electrons. The van der Waals surface area contributed by atoms with Gasteiger partial charge in [0.2, 0.25) is 0 Å². The van der Waals surface area contributed by atoms with Gasteiger partial charge in [-0.1, -0.05) is 18.2 Å². The number of aromatic amines is 1. The third kappa shape index (κ3) is 9.71. The quantitative estimate of drug-likeness (QED) is 0.463. The van der Waals surface area contributed by atoms with Gasteiger partial charge in [0.15, 0.2) is 0 Å². The highest BCUT2D eigenvalue weighted by Crippen LogP contribution is 2.09. The van der Waals surface area contributed by atoms with Crippen molar-refractivity contribution in [1.82, 2.24) is 4.98 Å². The number of rotatable bonds is 0. The summed E-state index contributed by atoms with van der Waals surface area (Å²) in [6.45, 7) is 0. The first-order valence-electron chi connectivity index (χ1n) is 4.15. The maximum absolute atomic E-state index is 8.70. The van der Waals surface area contributed by atoms with Gasteiger partial charge in [0.05, 0.1) is 0 Å². The van der Waals surface area contributed by atoms with Gasteiger partial charge >= 0.3 is 16.5 Å². The van der Waals surface area contributed by atoms with Gasteiger partial charge in [-0.15, -0.1) is 19.6 Å². The Labute approximate surface area is 98.3 Å². The molecular weight excluding hydrogens is 268 g/mol. The van der Waals surface area contributed by atoms with E-state index in [1.165, 1.54) is 10.9 Å². The fourth-order valence-electron chi connectivity index (χ4n) is 0.995. The van der Waals surface area contributed by atoms with Crippen molar-refractivity contribution in [3.63, 3.8) is 0 Å². The van der Waals surface area contributed by atoms with Gasteiger partial charge < -0.3 is 4.98 Å². The second-order valence-corrected chi connectivity index (χ2v) is 3.58. The van der Waals surface area contributed by atoms with Crippen molar-refractivity contribution in [2.45, 2.75) is 0 Å². The SMILES string of the molecule is O=[P+](O)O.O=[P+](O)O.c1ccc2[nH]ccc2c1. The predicted octanol–water partition coefficient (Wildman–Crippen LogP) is 1.42. The highest BCUT2D eigenvalue weighted by Gasteiger charge is 1.93. The summed E-state index contributed by atoms with van der Waals surface area (Å²) in [4.78, 5) is 31.6. The predicted molar refractivity (Wildman–Crippen MR) is 62.4 cm³/mol. The van der Waals surface area contributed by atoms with E-state index in [4.69, 9.17) is 28.7 Å². The minimum Gasteiger partial charge on any atom is -0.361 e. The van der Waals surface area contributed by atoms with E-state index in [0.29, 0.717) is 0 Å². The van der Waals surface area contributed by atoms with Crippen molar-refractivity contribution in [2.75, 3.05) is 0 Å². The molecule has 0 saturated heterocycles. The van der Waals surface area contributed by atoms with Gasteiger partial charge in [0, 0.05) is 20.8 Å². The van der Waals surface area contributed by atoms with Crippen LogP contribution < -0.4 is 0 Å². The molecule has 9 heteroatoms. The third-order valence-corrected chi connectivity index (χ3v) is 1.46. The Hall–Kier alpha value is -1.20. The van der Waals surface area contributed by atoms with E-state index in [1.807, 2.05) is 18.3 Å². The lowest BCUT2D eigenvalue weighted by Gasteiger charge is -1.83. The van der Waals surface area contributed by atoms with Crippen LogP contribution in [0.25, 0.3) is 10.9 Å². The van der Waals surface area contributed by atoms with E-state index < -0.39 is 16.5 Å². The Kier molecular flexibility index (Phi) is 8.27. The fraction of sp³-hybridized carbons (Fsp3) is 0. The summed E-state index contributed by atoms with van der Waals surface area (Å²) < 4.78 is 17.4. The maximum Gasteiger partial charge on any atom is 0.692 e. The van der Waals surface area contributed by atoms with Crippen LogP contribution in [-0.2, 0) is 9.13 Å². The first-order chi connectivity index (χ1) is 7.93. The molecular formula is C8H11NO6P2+2. The highest BCUT2D eigenvalue weighted by atomic mass is 31.1. The maximum atomic E-state index is 8.70. The van der Waals surface area contributed by atoms with Crippen LogP contribution >= 0.6 is 16.5 Å². The Morgan fingerprint density at radius 2 is 1.35 bits per heavy atom. The molecule has 0 fully saturated rings. The molecule has 5 N–H and O–H groups in total. The van der Waals surface area contributed by atoms with Gasteiger partial charge in [-0.05, 0) is 17.5 Å². The lowest BCUT2D eigenvalue weighted by Crippen LogP contribution is -1.61. The van der Waals surface area contributed by atoms with E-state index in [-0.39, 0.29) is 0 Å². The number of para-hydroxylation sites is 1. The summed E-state index contributed by atoms with van der Waals surface area (Å²) in [5, 5.41) is 1.28. The van der Waals surface area contributed by atoms with E-state index >= 15 is 0 Å². The lowest BCUT2D eigenvalue weighted by molar-refractivity contribution is 0.403. The summed E-state index contributed by atoms with van der Waals surface area (Å²) in [5.74, 6) is 0. The van der Waals surface area contributed by atoms with E-state index in [9.17, 15) is 0 Å². The second-order valence-electron chi connectivity index (χ2n) is 2.57. The van der Waals surface area contributed by atoms with Crippen molar-refractivity contribution >= 4 is 27.4 Å². The smallest absolute Gasteiger partial charge is 0.361 e. The number of aromatic nitrogens is 1. The summed E-state index contributed by atoms with van der Waals surface area (Å²) in [6.07, 6.45) is 1.95. The van der Waals surface area contributed by atoms with Crippen LogP contribution in [0.2, 0.25) is 0 Å². The zero-order chi connectivity index (χ0) is 13.3. The molecule has 0 unspecified atom stereocenters. The Bertz CT molecular complexity index is 435. The molecule has 92 valence electrons. The molecule has 17 heavy (non-hydrogen) atoms. The minimum atomic E-state index is -2.87. The van der Waals surface area contributed by atoms with Crippen molar-refractivity contribution in [3.8, 4) is 0 Å². The molecule has 1 aromatic heterocycles. The number of fused-ring (bicyclic) bond motifs is 1. The molecule has 2 aromatic rings. The van der Waals surface area contributed by atoms with Crippen molar-refractivity contribution in [3.05, 3.63) is 36.5 Å². The number of benzene rings is 1. The number of nitrogens with one attached hydrogen (secondary N) is 1. The van der Waals surface area contributed by atoms with Gasteiger partial charge in [-0.25, -0.2) is 0 Å². The monoisotopic (exact) mass is 279 g/mol. The van der Waals surface area contributed by atoms with Crippen molar-refractivity contribution < 1.29 is 28.7 Å². The molecule has 0 amide bonds. The van der Waals surface area contributed by atoms with E-state index in [0.717, 1.165) is 0 Å². The van der Waals surface area contributed by atoms with Gasteiger partial charge in [-0.3, -0.25) is 0 Å². The molecule has 0 spiro atoms. The van der Waals surface area contributed by atoms with Crippen molar-refractivity contribution in [1.29, 1.82) is 0 Å². The first kappa shape index (κ1) is 15.8. The summed E-state index contributed by atoms with van der Waals surface area (Å²) in [5.41, 5.74) is 1.21. The lowest BCUT2D eigenvalue weighted by atomic mass is 10.3. The van der Waals surface area contributed by atoms with Crippen LogP contribution in [-0.4, -0.2) is 24.6 Å². The minimum absolute atomic E-state index is 1.21. The van der Waals surface area contributed by atoms with Crippen LogP contribution in [0.1, 0.15) is 0 Å².